The molecule has 1 atom stereocenters. The van der Waals surface area contributed by atoms with Gasteiger partial charge in [-0.2, -0.15) is 0 Å². The van der Waals surface area contributed by atoms with Crippen molar-refractivity contribution >= 4 is 0 Å². The molecule has 1 rings (SSSR count). The Morgan fingerprint density at radius 3 is 2.50 bits per heavy atom. The van der Waals surface area contributed by atoms with Crippen LogP contribution in [0.3, 0.4) is 0 Å². The molecule has 74 valence electrons. The van der Waals surface area contributed by atoms with Gasteiger partial charge in [0.05, 0.1) is 0 Å². The SMILES string of the molecule is C=CC(=C)OC(C)(O)c1ccccc1. The lowest BCUT2D eigenvalue weighted by Crippen LogP contribution is -2.24. The Bertz CT molecular complexity index is 325. The molecule has 0 aliphatic carbocycles. The van der Waals surface area contributed by atoms with E-state index in [-0.39, 0.29) is 0 Å². The molecule has 0 aromatic heterocycles. The van der Waals surface area contributed by atoms with E-state index in [1.165, 1.54) is 6.08 Å². The molecule has 2 nitrogen and oxygen atoms in total. The topological polar surface area (TPSA) is 29.5 Å². The summed E-state index contributed by atoms with van der Waals surface area (Å²) in [5.41, 5.74) is 0.683. The minimum Gasteiger partial charge on any atom is -0.459 e. The van der Waals surface area contributed by atoms with Gasteiger partial charge in [0.1, 0.15) is 5.76 Å². The fraction of sp³-hybridized carbons (Fsp3) is 0.167. The van der Waals surface area contributed by atoms with Crippen LogP contribution in [-0.2, 0) is 10.5 Å². The average molecular weight is 190 g/mol. The molecular weight excluding hydrogens is 176 g/mol. The number of ether oxygens (including phenoxy) is 1. The first kappa shape index (κ1) is 10.5. The van der Waals surface area contributed by atoms with E-state index < -0.39 is 5.79 Å². The summed E-state index contributed by atoms with van der Waals surface area (Å²) in [4.78, 5) is 0. The maximum absolute atomic E-state index is 9.96. The average Bonchev–Trinajstić information content (AvgIpc) is 2.18. The Labute approximate surface area is 84.1 Å². The van der Waals surface area contributed by atoms with Crippen LogP contribution in [-0.4, -0.2) is 5.11 Å². The van der Waals surface area contributed by atoms with E-state index in [0.717, 1.165) is 0 Å². The Morgan fingerprint density at radius 1 is 1.43 bits per heavy atom. The third kappa shape index (κ3) is 2.47. The van der Waals surface area contributed by atoms with E-state index in [1.807, 2.05) is 18.2 Å². The molecule has 2 heteroatoms. The molecule has 1 aromatic rings. The Morgan fingerprint density at radius 2 is 2.00 bits per heavy atom. The molecule has 0 fully saturated rings. The number of aliphatic hydroxyl groups is 1. The lowest BCUT2D eigenvalue weighted by Gasteiger charge is -2.25. The molecule has 0 bridgehead atoms. The molecular formula is C12H14O2. The third-order valence-electron chi connectivity index (χ3n) is 1.87. The van der Waals surface area contributed by atoms with Gasteiger partial charge in [0.25, 0.3) is 0 Å². The van der Waals surface area contributed by atoms with Crippen molar-refractivity contribution in [2.24, 2.45) is 0 Å². The van der Waals surface area contributed by atoms with Gasteiger partial charge in [0.2, 0.25) is 5.79 Å². The molecule has 1 N–H and O–H groups in total. The monoisotopic (exact) mass is 190 g/mol. The number of allylic oxidation sites excluding steroid dienone is 1. The van der Waals surface area contributed by atoms with Crippen molar-refractivity contribution in [1.82, 2.24) is 0 Å². The summed E-state index contributed by atoms with van der Waals surface area (Å²) in [5.74, 6) is -1.01. The lowest BCUT2D eigenvalue weighted by atomic mass is 10.1. The molecule has 0 heterocycles. The van der Waals surface area contributed by atoms with Gasteiger partial charge in [0, 0.05) is 12.5 Å². The van der Waals surface area contributed by atoms with Gasteiger partial charge in [-0.15, -0.1) is 0 Å². The smallest absolute Gasteiger partial charge is 0.232 e. The summed E-state index contributed by atoms with van der Waals surface area (Å²) in [7, 11) is 0. The zero-order valence-corrected chi connectivity index (χ0v) is 8.23. The number of benzene rings is 1. The molecule has 1 unspecified atom stereocenters. The second kappa shape index (κ2) is 4.11. The molecule has 14 heavy (non-hydrogen) atoms. The highest BCUT2D eigenvalue weighted by molar-refractivity contribution is 5.20. The maximum Gasteiger partial charge on any atom is 0.232 e. The van der Waals surface area contributed by atoms with E-state index >= 15 is 0 Å². The fourth-order valence-corrected chi connectivity index (χ4v) is 1.10. The summed E-state index contributed by atoms with van der Waals surface area (Å²) in [6, 6.07) is 9.13. The first-order valence-corrected chi connectivity index (χ1v) is 4.34. The number of hydrogen-bond donors (Lipinski definition) is 1. The van der Waals surface area contributed by atoms with Crippen molar-refractivity contribution < 1.29 is 9.84 Å². The van der Waals surface area contributed by atoms with Gasteiger partial charge in [-0.1, -0.05) is 43.5 Å². The predicted molar refractivity (Wildman–Crippen MR) is 56.4 cm³/mol. The summed E-state index contributed by atoms with van der Waals surface area (Å²) < 4.78 is 5.22. The highest BCUT2D eigenvalue weighted by atomic mass is 16.6. The molecule has 0 aliphatic heterocycles. The van der Waals surface area contributed by atoms with Crippen LogP contribution in [0.1, 0.15) is 12.5 Å². The molecule has 0 saturated carbocycles. The van der Waals surface area contributed by atoms with E-state index in [4.69, 9.17) is 4.74 Å². The van der Waals surface area contributed by atoms with Crippen molar-refractivity contribution in [3.05, 3.63) is 60.9 Å². The zero-order valence-electron chi connectivity index (χ0n) is 8.23. The van der Waals surface area contributed by atoms with E-state index in [0.29, 0.717) is 11.3 Å². The zero-order chi connectivity index (χ0) is 10.6. The second-order valence-corrected chi connectivity index (χ2v) is 3.12. The summed E-state index contributed by atoms with van der Waals surface area (Å²) in [6.07, 6.45) is 1.46. The number of rotatable bonds is 4. The maximum atomic E-state index is 9.96. The van der Waals surface area contributed by atoms with Gasteiger partial charge >= 0.3 is 0 Å². The second-order valence-electron chi connectivity index (χ2n) is 3.12. The standard InChI is InChI=1S/C12H14O2/c1-4-10(2)14-12(3,13)11-8-6-5-7-9-11/h4-9,13H,1-2H2,3H3. The van der Waals surface area contributed by atoms with Crippen LogP contribution in [0, 0.1) is 0 Å². The highest BCUT2D eigenvalue weighted by Crippen LogP contribution is 2.24. The minimum atomic E-state index is -1.35. The van der Waals surface area contributed by atoms with Crippen LogP contribution in [0.2, 0.25) is 0 Å². The van der Waals surface area contributed by atoms with Gasteiger partial charge in [0.15, 0.2) is 0 Å². The molecule has 0 spiro atoms. The highest BCUT2D eigenvalue weighted by Gasteiger charge is 2.24. The molecule has 0 aliphatic rings. The third-order valence-corrected chi connectivity index (χ3v) is 1.87. The summed E-state index contributed by atoms with van der Waals surface area (Å²) in [5, 5.41) is 9.96. The van der Waals surface area contributed by atoms with Crippen LogP contribution < -0.4 is 0 Å². The van der Waals surface area contributed by atoms with Crippen LogP contribution in [0.25, 0.3) is 0 Å². The quantitative estimate of drug-likeness (QED) is 0.449. The predicted octanol–water partition coefficient (Wildman–Crippen LogP) is 2.57. The largest absolute Gasteiger partial charge is 0.459 e. The molecule has 0 saturated heterocycles. The van der Waals surface area contributed by atoms with Crippen LogP contribution >= 0.6 is 0 Å². The molecule has 0 radical (unpaired) electrons. The Kier molecular flexibility index (Phi) is 3.10. The van der Waals surface area contributed by atoms with E-state index in [1.54, 1.807) is 19.1 Å². The van der Waals surface area contributed by atoms with Crippen molar-refractivity contribution in [1.29, 1.82) is 0 Å². The minimum absolute atomic E-state index is 0.346. The molecule has 0 amide bonds. The van der Waals surface area contributed by atoms with Gasteiger partial charge in [-0.3, -0.25) is 0 Å². The van der Waals surface area contributed by atoms with Crippen molar-refractivity contribution in [3.63, 3.8) is 0 Å². The first-order chi connectivity index (χ1) is 6.56. The van der Waals surface area contributed by atoms with Gasteiger partial charge in [-0.05, 0) is 6.08 Å². The Hall–Kier alpha value is -1.54. The normalized spacial score (nSPS) is 14.1. The van der Waals surface area contributed by atoms with Crippen LogP contribution in [0.15, 0.2) is 55.3 Å². The van der Waals surface area contributed by atoms with Crippen LogP contribution in [0.5, 0.6) is 0 Å². The fourth-order valence-electron chi connectivity index (χ4n) is 1.10. The summed E-state index contributed by atoms with van der Waals surface area (Å²) in [6.45, 7) is 8.65. The number of hydrogen-bond acceptors (Lipinski definition) is 2. The Balaban J connectivity index is 2.85. The van der Waals surface area contributed by atoms with Gasteiger partial charge in [-0.25, -0.2) is 0 Å². The molecule has 1 aromatic carbocycles. The van der Waals surface area contributed by atoms with Crippen molar-refractivity contribution in [2.75, 3.05) is 0 Å². The first-order valence-electron chi connectivity index (χ1n) is 4.34. The van der Waals surface area contributed by atoms with E-state index in [9.17, 15) is 5.11 Å². The van der Waals surface area contributed by atoms with E-state index in [2.05, 4.69) is 13.2 Å². The van der Waals surface area contributed by atoms with Crippen molar-refractivity contribution in [2.45, 2.75) is 12.7 Å². The van der Waals surface area contributed by atoms with Gasteiger partial charge < -0.3 is 9.84 Å². The van der Waals surface area contributed by atoms with Crippen molar-refractivity contribution in [3.8, 4) is 0 Å². The summed E-state index contributed by atoms with van der Waals surface area (Å²) >= 11 is 0. The van der Waals surface area contributed by atoms with Crippen LogP contribution in [0.4, 0.5) is 0 Å². The lowest BCUT2D eigenvalue weighted by molar-refractivity contribution is -0.167.